The molecule has 1 aliphatic heterocycles. The number of aliphatic imine (C=N–C) groups is 1. The van der Waals surface area contributed by atoms with Crippen LogP contribution in [-0.4, -0.2) is 54.9 Å². The van der Waals surface area contributed by atoms with Crippen LogP contribution in [0, 0.1) is 16.0 Å². The van der Waals surface area contributed by atoms with E-state index in [0.29, 0.717) is 42.9 Å². The second-order valence-electron chi connectivity index (χ2n) is 8.84. The number of aryl methyl sites for hydroxylation is 2. The summed E-state index contributed by atoms with van der Waals surface area (Å²) in [5.74, 6) is -3.06. The topological polar surface area (TPSA) is 144 Å². The molecule has 39 heavy (non-hydrogen) atoms. The highest BCUT2D eigenvalue weighted by atomic mass is 16.6. The molecule has 0 fully saturated rings. The summed E-state index contributed by atoms with van der Waals surface area (Å²) in [7, 11) is 0. The molecule has 3 aromatic rings. The number of nitro groups is 1. The fourth-order valence-electron chi connectivity index (χ4n) is 4.71. The summed E-state index contributed by atoms with van der Waals surface area (Å²) in [4.78, 5) is 51.1. The summed E-state index contributed by atoms with van der Waals surface area (Å²) in [6, 6.07) is 5.98. The van der Waals surface area contributed by atoms with Gasteiger partial charge in [0.1, 0.15) is 5.92 Å². The second-order valence-corrected chi connectivity index (χ2v) is 8.84. The monoisotopic (exact) mass is 534 g/mol. The lowest BCUT2D eigenvalue weighted by Gasteiger charge is -2.33. The van der Waals surface area contributed by atoms with E-state index in [0.717, 1.165) is 0 Å². The maximum atomic E-state index is 13.5. The van der Waals surface area contributed by atoms with Gasteiger partial charge in [-0.05, 0) is 19.4 Å². The van der Waals surface area contributed by atoms with Crippen LogP contribution in [0.3, 0.4) is 0 Å². The molecule has 2 aromatic heterocycles. The second kappa shape index (κ2) is 12.8. The van der Waals surface area contributed by atoms with Crippen molar-refractivity contribution in [1.29, 1.82) is 0 Å². The molecule has 0 amide bonds. The summed E-state index contributed by atoms with van der Waals surface area (Å²) >= 11 is 0. The Hall–Kier alpha value is -4.61. The van der Waals surface area contributed by atoms with Crippen molar-refractivity contribution < 1.29 is 24.0 Å². The molecule has 12 nitrogen and oxygen atoms in total. The average molecular weight is 535 g/mol. The number of ether oxygens (including phenoxy) is 2. The van der Waals surface area contributed by atoms with Gasteiger partial charge in [-0.3, -0.25) is 19.9 Å². The van der Waals surface area contributed by atoms with Gasteiger partial charge in [0.25, 0.3) is 5.69 Å². The van der Waals surface area contributed by atoms with E-state index in [1.165, 1.54) is 12.1 Å². The van der Waals surface area contributed by atoms with Crippen molar-refractivity contribution in [2.24, 2.45) is 10.9 Å². The number of benzene rings is 1. The SMILES string of the molecule is CCOC(=O)C1=C(CCn2ccnc2)N=C(CCn2ccnc2)C(C(=O)OCC)C1c1cccc([N+](=O)[O-])c1. The Morgan fingerprint density at radius 3 is 2.26 bits per heavy atom. The predicted molar refractivity (Wildman–Crippen MR) is 141 cm³/mol. The first-order chi connectivity index (χ1) is 18.9. The predicted octanol–water partition coefficient (Wildman–Crippen LogP) is 3.70. The number of imidazole rings is 2. The van der Waals surface area contributed by atoms with Gasteiger partial charge >= 0.3 is 11.9 Å². The van der Waals surface area contributed by atoms with Gasteiger partial charge in [0.15, 0.2) is 0 Å². The van der Waals surface area contributed by atoms with Crippen LogP contribution in [-0.2, 0) is 32.2 Å². The van der Waals surface area contributed by atoms with Crippen LogP contribution in [0.4, 0.5) is 5.69 Å². The van der Waals surface area contributed by atoms with Crippen molar-refractivity contribution in [2.75, 3.05) is 13.2 Å². The van der Waals surface area contributed by atoms with Crippen LogP contribution in [0.2, 0.25) is 0 Å². The van der Waals surface area contributed by atoms with Gasteiger partial charge in [-0.25, -0.2) is 14.8 Å². The summed E-state index contributed by atoms with van der Waals surface area (Å²) < 4.78 is 14.6. The summed E-state index contributed by atoms with van der Waals surface area (Å²) in [5.41, 5.74) is 1.45. The Morgan fingerprint density at radius 2 is 1.67 bits per heavy atom. The Balaban J connectivity index is 1.88. The molecular formula is C27H30N6O6. The van der Waals surface area contributed by atoms with Crippen molar-refractivity contribution in [2.45, 2.75) is 45.7 Å². The summed E-state index contributed by atoms with van der Waals surface area (Å²) in [6.45, 7) is 4.58. The van der Waals surface area contributed by atoms with E-state index in [2.05, 4.69) is 9.97 Å². The molecular weight excluding hydrogens is 504 g/mol. The maximum Gasteiger partial charge on any atom is 0.336 e. The third-order valence-electron chi connectivity index (χ3n) is 6.42. The zero-order valence-electron chi connectivity index (χ0n) is 21.8. The number of non-ortho nitro benzene ring substituents is 1. The molecule has 1 aromatic carbocycles. The van der Waals surface area contributed by atoms with Crippen molar-refractivity contribution in [3.05, 3.63) is 88.7 Å². The molecule has 0 radical (unpaired) electrons. The number of allylic oxidation sites excluding steroid dienone is 1. The van der Waals surface area contributed by atoms with Crippen molar-refractivity contribution in [3.63, 3.8) is 0 Å². The Bertz CT molecular complexity index is 1360. The summed E-state index contributed by atoms with van der Waals surface area (Å²) in [6.07, 6.45) is 11.0. The first kappa shape index (κ1) is 27.4. The fourth-order valence-corrected chi connectivity index (χ4v) is 4.71. The quantitative estimate of drug-likeness (QED) is 0.194. The molecule has 0 spiro atoms. The first-order valence-electron chi connectivity index (χ1n) is 12.7. The van der Waals surface area contributed by atoms with Crippen LogP contribution < -0.4 is 0 Å². The third kappa shape index (κ3) is 6.46. The fraction of sp³-hybridized carbons (Fsp3) is 0.370. The zero-order chi connectivity index (χ0) is 27.8. The van der Waals surface area contributed by atoms with Gasteiger partial charge in [-0.15, -0.1) is 0 Å². The van der Waals surface area contributed by atoms with Crippen molar-refractivity contribution in [3.8, 4) is 0 Å². The number of carbonyl (C=O) groups is 2. The Kier molecular flexibility index (Phi) is 8.97. The average Bonchev–Trinajstić information content (AvgIpc) is 3.65. The number of carbonyl (C=O) groups excluding carboxylic acids is 2. The van der Waals surface area contributed by atoms with Crippen LogP contribution in [0.5, 0.6) is 0 Å². The van der Waals surface area contributed by atoms with E-state index < -0.39 is 28.7 Å². The number of nitrogens with zero attached hydrogens (tertiary/aromatic N) is 6. The lowest BCUT2D eigenvalue weighted by Crippen LogP contribution is -2.38. The lowest BCUT2D eigenvalue weighted by molar-refractivity contribution is -0.384. The highest BCUT2D eigenvalue weighted by Gasteiger charge is 2.44. The number of aromatic nitrogens is 4. The molecule has 204 valence electrons. The van der Waals surface area contributed by atoms with Gasteiger partial charge in [-0.2, -0.15) is 0 Å². The molecule has 12 heteroatoms. The molecule has 0 aliphatic carbocycles. The van der Waals surface area contributed by atoms with Gasteiger partial charge < -0.3 is 18.6 Å². The minimum Gasteiger partial charge on any atom is -0.465 e. The number of esters is 2. The largest absolute Gasteiger partial charge is 0.465 e. The van der Waals surface area contributed by atoms with E-state index >= 15 is 0 Å². The highest BCUT2D eigenvalue weighted by Crippen LogP contribution is 2.42. The minimum absolute atomic E-state index is 0.111. The first-order valence-corrected chi connectivity index (χ1v) is 12.7. The molecule has 2 atom stereocenters. The lowest BCUT2D eigenvalue weighted by atomic mass is 9.74. The van der Waals surface area contributed by atoms with Crippen molar-refractivity contribution >= 4 is 23.3 Å². The van der Waals surface area contributed by atoms with E-state index in [9.17, 15) is 19.7 Å². The van der Waals surface area contributed by atoms with Crippen LogP contribution in [0.1, 0.15) is 38.2 Å². The molecule has 0 saturated heterocycles. The van der Waals surface area contributed by atoms with Gasteiger partial charge in [-0.1, -0.05) is 12.1 Å². The molecule has 0 N–H and O–H groups in total. The number of rotatable bonds is 12. The standard InChI is InChI=1S/C27H30N6O6/c1-3-38-26(34)24-21(8-12-31-14-10-28-17-31)30-22(9-13-32-15-11-29-18-32)25(27(35)39-4-2)23(24)19-6-5-7-20(16-19)33(36)37/h5-7,10-11,14-18,23-24H,3-4,8-9,12-13H2,1-2H3. The van der Waals surface area contributed by atoms with Gasteiger partial charge in [0.2, 0.25) is 0 Å². The van der Waals surface area contributed by atoms with Crippen LogP contribution >= 0.6 is 0 Å². The maximum absolute atomic E-state index is 13.5. The molecule has 0 saturated carbocycles. The molecule has 4 rings (SSSR count). The highest BCUT2D eigenvalue weighted by molar-refractivity contribution is 6.08. The molecule has 3 heterocycles. The zero-order valence-corrected chi connectivity index (χ0v) is 21.8. The molecule has 2 unspecified atom stereocenters. The number of nitro benzene ring substituents is 1. The number of hydrogen-bond donors (Lipinski definition) is 0. The Labute approximate surface area is 225 Å². The minimum atomic E-state index is -0.980. The Morgan fingerprint density at radius 1 is 1.00 bits per heavy atom. The third-order valence-corrected chi connectivity index (χ3v) is 6.42. The smallest absolute Gasteiger partial charge is 0.336 e. The van der Waals surface area contributed by atoms with E-state index in [1.807, 2.05) is 9.13 Å². The summed E-state index contributed by atoms with van der Waals surface area (Å²) in [5, 5.41) is 11.6. The van der Waals surface area contributed by atoms with Crippen LogP contribution in [0.15, 0.2) is 78.0 Å². The van der Waals surface area contributed by atoms with E-state index in [-0.39, 0.29) is 24.5 Å². The van der Waals surface area contributed by atoms with Crippen molar-refractivity contribution in [1.82, 2.24) is 19.1 Å². The normalized spacial score (nSPS) is 17.0. The van der Waals surface area contributed by atoms with E-state index in [1.54, 1.807) is 63.4 Å². The molecule has 0 bridgehead atoms. The van der Waals surface area contributed by atoms with Crippen LogP contribution in [0.25, 0.3) is 0 Å². The van der Waals surface area contributed by atoms with E-state index in [4.69, 9.17) is 14.5 Å². The van der Waals surface area contributed by atoms with Gasteiger partial charge in [0.05, 0.1) is 42.1 Å². The molecule has 1 aliphatic rings. The number of hydrogen-bond acceptors (Lipinski definition) is 9. The van der Waals surface area contributed by atoms with Gasteiger partial charge in [0, 0.05) is 74.5 Å².